The molecule has 19 heavy (non-hydrogen) atoms. The molecule has 4 heteroatoms. The summed E-state index contributed by atoms with van der Waals surface area (Å²) in [6.07, 6.45) is 4.33. The molecule has 1 aliphatic heterocycles. The third kappa shape index (κ3) is 2.40. The highest BCUT2D eigenvalue weighted by Gasteiger charge is 2.21. The Labute approximate surface area is 118 Å². The number of nitrogens with one attached hydrogen (secondary N) is 1. The van der Waals surface area contributed by atoms with Crippen LogP contribution in [-0.4, -0.2) is 22.6 Å². The number of rotatable bonds is 3. The van der Waals surface area contributed by atoms with Gasteiger partial charge in [0.15, 0.2) is 0 Å². The van der Waals surface area contributed by atoms with E-state index in [1.807, 2.05) is 24.3 Å². The molecule has 3 nitrogen and oxygen atoms in total. The molecule has 1 unspecified atom stereocenters. The summed E-state index contributed by atoms with van der Waals surface area (Å²) in [4.78, 5) is 4.81. The van der Waals surface area contributed by atoms with Crippen molar-refractivity contribution in [1.29, 1.82) is 0 Å². The number of halogens is 1. The Kier molecular flexibility index (Phi) is 3.58. The minimum atomic E-state index is 0.486. The minimum Gasteiger partial charge on any atom is -0.324 e. The summed E-state index contributed by atoms with van der Waals surface area (Å²) in [6, 6.07) is 5.91. The predicted molar refractivity (Wildman–Crippen MR) is 79.8 cm³/mol. The van der Waals surface area contributed by atoms with Crippen molar-refractivity contribution in [1.82, 2.24) is 14.9 Å². The van der Waals surface area contributed by atoms with Gasteiger partial charge in [-0.1, -0.05) is 17.7 Å². The van der Waals surface area contributed by atoms with Crippen molar-refractivity contribution in [3.8, 4) is 0 Å². The summed E-state index contributed by atoms with van der Waals surface area (Å²) < 4.78 is 2.26. The van der Waals surface area contributed by atoms with Crippen LogP contribution in [0.25, 0.3) is 11.0 Å². The monoisotopic (exact) mass is 275 g/mol. The zero-order valence-electron chi connectivity index (χ0n) is 10.9. The number of benzene rings is 1. The third-order valence-electron chi connectivity index (χ3n) is 3.71. The Morgan fingerprint density at radius 1 is 1.53 bits per heavy atom. The first-order chi connectivity index (χ1) is 9.29. The standard InChI is InChI=1S/C15H18ClN3/c1-2-8-19-14-6-5-12(16)9-13(14)18-15(19)11-4-3-7-17-10-11/h2,5-6,9,11,17H,1,3-4,7-8,10H2. The van der Waals surface area contributed by atoms with Gasteiger partial charge in [0.1, 0.15) is 5.82 Å². The smallest absolute Gasteiger partial charge is 0.114 e. The number of imidazole rings is 1. The molecule has 0 bridgehead atoms. The molecule has 1 saturated heterocycles. The van der Waals surface area contributed by atoms with Gasteiger partial charge in [0.2, 0.25) is 0 Å². The van der Waals surface area contributed by atoms with E-state index in [1.165, 1.54) is 12.8 Å². The lowest BCUT2D eigenvalue weighted by molar-refractivity contribution is 0.438. The van der Waals surface area contributed by atoms with Gasteiger partial charge in [-0.2, -0.15) is 0 Å². The average molecular weight is 276 g/mol. The van der Waals surface area contributed by atoms with Crippen LogP contribution in [0.15, 0.2) is 30.9 Å². The van der Waals surface area contributed by atoms with Crippen LogP contribution in [0, 0.1) is 0 Å². The first-order valence-corrected chi connectivity index (χ1v) is 7.14. The van der Waals surface area contributed by atoms with E-state index in [2.05, 4.69) is 16.5 Å². The van der Waals surface area contributed by atoms with Crippen LogP contribution in [-0.2, 0) is 6.54 Å². The van der Waals surface area contributed by atoms with Crippen molar-refractivity contribution < 1.29 is 0 Å². The number of aromatic nitrogens is 2. The molecule has 0 aliphatic carbocycles. The fraction of sp³-hybridized carbons (Fsp3) is 0.400. The summed E-state index contributed by atoms with van der Waals surface area (Å²) in [7, 11) is 0. The second kappa shape index (κ2) is 5.35. The lowest BCUT2D eigenvalue weighted by atomic mass is 9.99. The van der Waals surface area contributed by atoms with E-state index in [9.17, 15) is 0 Å². The number of nitrogens with zero attached hydrogens (tertiary/aromatic N) is 2. The molecule has 2 aromatic rings. The summed E-state index contributed by atoms with van der Waals surface area (Å²) in [5.41, 5.74) is 2.12. The molecular weight excluding hydrogens is 258 g/mol. The van der Waals surface area contributed by atoms with Crippen molar-refractivity contribution in [2.24, 2.45) is 0 Å². The topological polar surface area (TPSA) is 29.9 Å². The maximum atomic E-state index is 6.06. The number of hydrogen-bond acceptors (Lipinski definition) is 2. The largest absolute Gasteiger partial charge is 0.324 e. The van der Waals surface area contributed by atoms with Crippen molar-refractivity contribution in [2.45, 2.75) is 25.3 Å². The minimum absolute atomic E-state index is 0.486. The Hall–Kier alpha value is -1.32. The number of piperidine rings is 1. The Bertz CT molecular complexity index is 597. The molecule has 1 fully saturated rings. The highest BCUT2D eigenvalue weighted by atomic mass is 35.5. The van der Waals surface area contributed by atoms with Crippen molar-refractivity contribution in [3.05, 3.63) is 41.7 Å². The normalized spacial score (nSPS) is 19.7. The van der Waals surface area contributed by atoms with Gasteiger partial charge >= 0.3 is 0 Å². The molecule has 0 saturated carbocycles. The lowest BCUT2D eigenvalue weighted by Crippen LogP contribution is -2.30. The second-order valence-electron chi connectivity index (χ2n) is 5.05. The SMILES string of the molecule is C=CCn1c(C2CCCNC2)nc2cc(Cl)ccc21. The predicted octanol–water partition coefficient (Wildman–Crippen LogP) is 3.34. The summed E-state index contributed by atoms with van der Waals surface area (Å²) in [5, 5.41) is 4.19. The Balaban J connectivity index is 2.10. The quantitative estimate of drug-likeness (QED) is 0.871. The van der Waals surface area contributed by atoms with E-state index in [0.29, 0.717) is 5.92 Å². The zero-order valence-corrected chi connectivity index (χ0v) is 11.7. The highest BCUT2D eigenvalue weighted by Crippen LogP contribution is 2.28. The van der Waals surface area contributed by atoms with Gasteiger partial charge in [-0.3, -0.25) is 0 Å². The maximum Gasteiger partial charge on any atom is 0.114 e. The number of allylic oxidation sites excluding steroid dienone is 1. The van der Waals surface area contributed by atoms with Gasteiger partial charge in [-0.25, -0.2) is 4.98 Å². The van der Waals surface area contributed by atoms with Gasteiger partial charge in [-0.05, 0) is 37.6 Å². The molecule has 0 amide bonds. The molecule has 0 radical (unpaired) electrons. The molecule has 1 aliphatic rings. The van der Waals surface area contributed by atoms with Crippen molar-refractivity contribution >= 4 is 22.6 Å². The van der Waals surface area contributed by atoms with E-state index < -0.39 is 0 Å². The molecule has 1 aromatic heterocycles. The van der Waals surface area contributed by atoms with Crippen LogP contribution < -0.4 is 5.32 Å². The fourth-order valence-electron chi connectivity index (χ4n) is 2.83. The highest BCUT2D eigenvalue weighted by molar-refractivity contribution is 6.31. The number of hydrogen-bond donors (Lipinski definition) is 1. The van der Waals surface area contributed by atoms with Gasteiger partial charge in [0, 0.05) is 24.0 Å². The molecular formula is C15H18ClN3. The number of fused-ring (bicyclic) bond motifs is 1. The average Bonchev–Trinajstić information content (AvgIpc) is 2.78. The molecule has 1 N–H and O–H groups in total. The van der Waals surface area contributed by atoms with E-state index in [4.69, 9.17) is 16.6 Å². The van der Waals surface area contributed by atoms with E-state index in [1.54, 1.807) is 0 Å². The molecule has 1 atom stereocenters. The second-order valence-corrected chi connectivity index (χ2v) is 5.48. The van der Waals surface area contributed by atoms with Gasteiger partial charge < -0.3 is 9.88 Å². The lowest BCUT2D eigenvalue weighted by Gasteiger charge is -2.23. The van der Waals surface area contributed by atoms with E-state index in [0.717, 1.165) is 41.5 Å². The van der Waals surface area contributed by atoms with Crippen molar-refractivity contribution in [3.63, 3.8) is 0 Å². The molecule has 100 valence electrons. The summed E-state index contributed by atoms with van der Waals surface area (Å²) in [6.45, 7) is 6.77. The first-order valence-electron chi connectivity index (χ1n) is 6.77. The van der Waals surface area contributed by atoms with E-state index >= 15 is 0 Å². The molecule has 3 rings (SSSR count). The van der Waals surface area contributed by atoms with Gasteiger partial charge in [-0.15, -0.1) is 6.58 Å². The van der Waals surface area contributed by atoms with E-state index in [-0.39, 0.29) is 0 Å². The third-order valence-corrected chi connectivity index (χ3v) is 3.95. The maximum absolute atomic E-state index is 6.06. The van der Waals surface area contributed by atoms with Gasteiger partial charge in [0.25, 0.3) is 0 Å². The summed E-state index contributed by atoms with van der Waals surface area (Å²) >= 11 is 6.06. The van der Waals surface area contributed by atoms with Gasteiger partial charge in [0.05, 0.1) is 11.0 Å². The Morgan fingerprint density at radius 2 is 2.42 bits per heavy atom. The van der Waals surface area contributed by atoms with Crippen LogP contribution in [0.4, 0.5) is 0 Å². The van der Waals surface area contributed by atoms with Crippen LogP contribution >= 0.6 is 11.6 Å². The Morgan fingerprint density at radius 3 is 3.16 bits per heavy atom. The molecule has 1 aromatic carbocycles. The van der Waals surface area contributed by atoms with Crippen LogP contribution in [0.5, 0.6) is 0 Å². The zero-order chi connectivity index (χ0) is 13.2. The van der Waals surface area contributed by atoms with Crippen molar-refractivity contribution in [2.75, 3.05) is 13.1 Å². The molecule has 2 heterocycles. The van der Waals surface area contributed by atoms with Crippen LogP contribution in [0.2, 0.25) is 5.02 Å². The fourth-order valence-corrected chi connectivity index (χ4v) is 2.99. The molecule has 0 spiro atoms. The first kappa shape index (κ1) is 12.7. The summed E-state index contributed by atoms with van der Waals surface area (Å²) in [5.74, 6) is 1.64. The van der Waals surface area contributed by atoms with Crippen LogP contribution in [0.3, 0.4) is 0 Å². The van der Waals surface area contributed by atoms with Crippen LogP contribution in [0.1, 0.15) is 24.6 Å².